The molecule has 2 rings (SSSR count). The minimum Gasteiger partial charge on any atom is -0.351 e. The van der Waals surface area contributed by atoms with Crippen molar-refractivity contribution in [2.45, 2.75) is 54.0 Å². The molecule has 0 spiro atoms. The number of benzene rings is 2. The lowest BCUT2D eigenvalue weighted by atomic mass is 10.1. The van der Waals surface area contributed by atoms with Crippen LogP contribution in [0.25, 0.3) is 0 Å². The molecule has 0 saturated carbocycles. The highest BCUT2D eigenvalue weighted by atomic mass is 16.2. The van der Waals surface area contributed by atoms with E-state index in [9.17, 15) is 9.59 Å². The van der Waals surface area contributed by atoms with E-state index in [1.807, 2.05) is 84.9 Å². The molecule has 7 N–H and O–H groups in total. The second kappa shape index (κ2) is 12.6. The fourth-order valence-corrected chi connectivity index (χ4v) is 3.66. The quantitative estimate of drug-likeness (QED) is 0.274. The first-order valence-electron chi connectivity index (χ1n) is 11.5. The lowest BCUT2D eigenvalue weighted by Crippen LogP contribution is -2.51. The Labute approximate surface area is 214 Å². The highest BCUT2D eigenvalue weighted by Crippen LogP contribution is 2.24. The van der Waals surface area contributed by atoms with E-state index in [0.29, 0.717) is 0 Å². The van der Waals surface area contributed by atoms with E-state index in [0.717, 1.165) is 33.6 Å². The van der Waals surface area contributed by atoms with Gasteiger partial charge in [0.25, 0.3) is 0 Å². The molecule has 0 aliphatic rings. The van der Waals surface area contributed by atoms with Gasteiger partial charge in [0, 0.05) is 31.0 Å². The summed E-state index contributed by atoms with van der Waals surface area (Å²) >= 11 is 0. The van der Waals surface area contributed by atoms with Crippen LogP contribution in [-0.2, 0) is 0 Å². The number of anilines is 2. The Bertz CT molecular complexity index is 1080. The molecule has 10 nitrogen and oxygen atoms in total. The van der Waals surface area contributed by atoms with Gasteiger partial charge >= 0.3 is 12.1 Å². The number of nitrogens with zero attached hydrogens (tertiary/aromatic N) is 2. The van der Waals surface area contributed by atoms with Gasteiger partial charge in [0.2, 0.25) is 11.9 Å². The van der Waals surface area contributed by atoms with Gasteiger partial charge in [-0.15, -0.1) is 0 Å². The number of hydrogen-bond donors (Lipinski definition) is 6. The summed E-state index contributed by atoms with van der Waals surface area (Å²) < 4.78 is 0. The number of aryl methyl sites for hydroxylation is 4. The first-order valence-corrected chi connectivity index (χ1v) is 11.5. The van der Waals surface area contributed by atoms with Crippen LogP contribution < -0.4 is 31.5 Å². The third-order valence-corrected chi connectivity index (χ3v) is 5.18. The molecule has 0 aliphatic carbocycles. The largest absolute Gasteiger partial charge is 0.351 e. The van der Waals surface area contributed by atoms with E-state index in [4.69, 9.17) is 16.6 Å². The Morgan fingerprint density at radius 3 is 1.39 bits per heavy atom. The molecular weight excluding hydrogens is 456 g/mol. The number of nitrogens with one attached hydrogen (secondary N) is 5. The molecule has 10 heteroatoms. The van der Waals surface area contributed by atoms with Gasteiger partial charge in [-0.3, -0.25) is 21.5 Å². The van der Waals surface area contributed by atoms with Crippen LogP contribution in [-0.4, -0.2) is 43.6 Å². The van der Waals surface area contributed by atoms with Gasteiger partial charge in [-0.25, -0.2) is 9.59 Å². The number of para-hydroxylation sites is 2. The third kappa shape index (κ3) is 8.94. The summed E-state index contributed by atoms with van der Waals surface area (Å²) in [5.41, 5.74) is 10.7. The summed E-state index contributed by atoms with van der Waals surface area (Å²) in [4.78, 5) is 25.7. The van der Waals surface area contributed by atoms with E-state index in [1.165, 1.54) is 0 Å². The molecule has 196 valence electrons. The molecule has 0 aliphatic heterocycles. The topological polar surface area (TPSA) is 150 Å². The van der Waals surface area contributed by atoms with Crippen molar-refractivity contribution in [3.05, 3.63) is 58.7 Å². The smallest absolute Gasteiger partial charge is 0.321 e. The highest BCUT2D eigenvalue weighted by molar-refractivity contribution is 6.04. The van der Waals surface area contributed by atoms with Crippen molar-refractivity contribution < 1.29 is 9.59 Å². The zero-order valence-electron chi connectivity index (χ0n) is 22.8. The third-order valence-electron chi connectivity index (χ3n) is 5.18. The maximum atomic E-state index is 11.8. The molecule has 0 saturated heterocycles. The maximum Gasteiger partial charge on any atom is 0.321 e. The zero-order chi connectivity index (χ0) is 27.8. The zero-order valence-corrected chi connectivity index (χ0v) is 22.8. The Morgan fingerprint density at radius 1 is 0.750 bits per heavy atom. The van der Waals surface area contributed by atoms with Crippen molar-refractivity contribution in [1.82, 2.24) is 16.0 Å². The van der Waals surface area contributed by atoms with Crippen LogP contribution in [0.2, 0.25) is 0 Å². The van der Waals surface area contributed by atoms with Crippen LogP contribution in [0.15, 0.2) is 36.4 Å². The van der Waals surface area contributed by atoms with E-state index in [1.54, 1.807) is 23.9 Å². The van der Waals surface area contributed by atoms with Gasteiger partial charge in [0.1, 0.15) is 0 Å². The van der Waals surface area contributed by atoms with Crippen LogP contribution in [0, 0.1) is 38.5 Å². The Kier molecular flexibility index (Phi) is 10.5. The summed E-state index contributed by atoms with van der Waals surface area (Å²) in [6.45, 7) is 13.6. The standard InChI is InChI=1S/C15H24N4O.C11H16N4O/c1-10-8-7-9-11(2)12(10)19(6)13(16)17-14(20)18-15(3,4)5;1-7-5-4-6-8(2)9(7)15(3)10(12)14-11(13)16/h7-9H,1-6H3,(H3,16,17,18,20);4-6H,1-3H3,(H4,12,13,14,16). The number of hydrogen-bond acceptors (Lipinski definition) is 4. The van der Waals surface area contributed by atoms with E-state index in [-0.39, 0.29) is 23.5 Å². The molecule has 0 atom stereocenters. The predicted octanol–water partition coefficient (Wildman–Crippen LogP) is 4.11. The molecular formula is C26H40N8O2. The lowest BCUT2D eigenvalue weighted by Gasteiger charge is -2.26. The predicted molar refractivity (Wildman–Crippen MR) is 148 cm³/mol. The Morgan fingerprint density at radius 2 is 1.08 bits per heavy atom. The number of nitrogens with two attached hydrogens (primary N) is 1. The number of primary amides is 1. The second-order valence-corrected chi connectivity index (χ2v) is 9.61. The molecule has 0 unspecified atom stereocenters. The second-order valence-electron chi connectivity index (χ2n) is 9.61. The van der Waals surface area contributed by atoms with Gasteiger partial charge in [-0.2, -0.15) is 0 Å². The highest BCUT2D eigenvalue weighted by Gasteiger charge is 2.18. The minimum atomic E-state index is -0.733. The molecule has 2 aromatic carbocycles. The van der Waals surface area contributed by atoms with Gasteiger partial charge in [-0.05, 0) is 70.7 Å². The molecule has 0 heterocycles. The minimum absolute atomic E-state index is 0.0371. The lowest BCUT2D eigenvalue weighted by molar-refractivity contribution is 0.236. The first-order chi connectivity index (χ1) is 16.5. The first kappa shape index (κ1) is 30.0. The van der Waals surface area contributed by atoms with Crippen molar-refractivity contribution in [3.63, 3.8) is 0 Å². The van der Waals surface area contributed by atoms with Crippen LogP contribution >= 0.6 is 0 Å². The SMILES string of the molecule is Cc1cccc(C)c1N(C)C(=N)NC(=O)NC(C)(C)C.Cc1cccc(C)c1N(C)C(=N)NC(N)=O. The summed E-state index contributed by atoms with van der Waals surface area (Å²) in [6, 6.07) is 10.7. The number of carbonyl (C=O) groups excluding carboxylic acids is 2. The summed E-state index contributed by atoms with van der Waals surface area (Å²) in [5, 5.41) is 23.2. The van der Waals surface area contributed by atoms with E-state index in [2.05, 4.69) is 16.0 Å². The van der Waals surface area contributed by atoms with E-state index >= 15 is 0 Å². The molecule has 0 fully saturated rings. The molecule has 36 heavy (non-hydrogen) atoms. The van der Waals surface area contributed by atoms with Crippen LogP contribution in [0.4, 0.5) is 21.0 Å². The summed E-state index contributed by atoms with van der Waals surface area (Å²) in [7, 11) is 3.49. The van der Waals surface area contributed by atoms with Crippen LogP contribution in [0.3, 0.4) is 0 Å². The molecule has 0 radical (unpaired) electrons. The monoisotopic (exact) mass is 496 g/mol. The summed E-state index contributed by atoms with van der Waals surface area (Å²) in [5.74, 6) is 0.00838. The summed E-state index contributed by atoms with van der Waals surface area (Å²) in [6.07, 6.45) is 0. The maximum absolute atomic E-state index is 11.8. The number of amides is 4. The average molecular weight is 497 g/mol. The number of rotatable bonds is 2. The number of carbonyl (C=O) groups is 2. The van der Waals surface area contributed by atoms with Gasteiger partial charge < -0.3 is 20.9 Å². The Hall–Kier alpha value is -4.08. The van der Waals surface area contributed by atoms with Gasteiger partial charge in [-0.1, -0.05) is 36.4 Å². The number of urea groups is 2. The average Bonchev–Trinajstić information content (AvgIpc) is 2.71. The van der Waals surface area contributed by atoms with Gasteiger partial charge in [0.15, 0.2) is 0 Å². The molecule has 4 amide bonds. The normalized spacial score (nSPS) is 10.4. The fraction of sp³-hybridized carbons (Fsp3) is 0.385. The van der Waals surface area contributed by atoms with Crippen molar-refractivity contribution in [2.75, 3.05) is 23.9 Å². The number of guanidine groups is 2. The molecule has 0 bridgehead atoms. The molecule has 0 aromatic heterocycles. The van der Waals surface area contributed by atoms with Gasteiger partial charge in [0.05, 0.1) is 0 Å². The van der Waals surface area contributed by atoms with Crippen molar-refractivity contribution in [2.24, 2.45) is 5.73 Å². The molecule has 2 aromatic rings. The van der Waals surface area contributed by atoms with Crippen LogP contribution in [0.5, 0.6) is 0 Å². The Balaban J connectivity index is 0.000000369. The fourth-order valence-electron chi connectivity index (χ4n) is 3.66. The van der Waals surface area contributed by atoms with Crippen LogP contribution in [0.1, 0.15) is 43.0 Å². The van der Waals surface area contributed by atoms with E-state index < -0.39 is 6.03 Å². The van der Waals surface area contributed by atoms with Crippen molar-refractivity contribution in [1.29, 1.82) is 10.8 Å². The van der Waals surface area contributed by atoms with Crippen molar-refractivity contribution in [3.8, 4) is 0 Å². The van der Waals surface area contributed by atoms with Crippen molar-refractivity contribution >= 4 is 35.4 Å².